The molecule has 0 aromatic heterocycles. The van der Waals surface area contributed by atoms with Gasteiger partial charge in [0.1, 0.15) is 17.6 Å². The van der Waals surface area contributed by atoms with Crippen molar-refractivity contribution in [3.63, 3.8) is 0 Å². The van der Waals surface area contributed by atoms with E-state index in [9.17, 15) is 36.6 Å². The summed E-state index contributed by atoms with van der Waals surface area (Å²) in [5.41, 5.74) is 3.11. The van der Waals surface area contributed by atoms with Crippen LogP contribution in [0.25, 0.3) is 0 Å². The van der Waals surface area contributed by atoms with Gasteiger partial charge >= 0.3 is 6.18 Å². The quantitative estimate of drug-likeness (QED) is 0.0430. The molecule has 8 nitrogen and oxygen atoms in total. The van der Waals surface area contributed by atoms with Crippen LogP contribution in [0.3, 0.4) is 0 Å². The fourth-order valence-electron chi connectivity index (χ4n) is 7.22. The molecule has 0 saturated carbocycles. The van der Waals surface area contributed by atoms with Gasteiger partial charge in [-0.15, -0.1) is 0 Å². The number of rotatable bonds is 23. The Hall–Kier alpha value is -4.36. The third-order valence-corrected chi connectivity index (χ3v) is 10.7. The van der Waals surface area contributed by atoms with Gasteiger partial charge in [0.05, 0.1) is 45.2 Å². The van der Waals surface area contributed by atoms with Gasteiger partial charge in [0.25, 0.3) is 0 Å². The maximum absolute atomic E-state index is 13.7. The van der Waals surface area contributed by atoms with Crippen LogP contribution in [0, 0.1) is 17.6 Å². The van der Waals surface area contributed by atoms with E-state index in [1.165, 1.54) is 88.5 Å². The molecule has 3 unspecified atom stereocenters. The molecule has 1 aliphatic heterocycles. The fourth-order valence-corrected chi connectivity index (χ4v) is 7.22. The van der Waals surface area contributed by atoms with Gasteiger partial charge in [-0.25, -0.2) is 8.78 Å². The highest BCUT2D eigenvalue weighted by Crippen LogP contribution is 2.46. The first-order chi connectivity index (χ1) is 27.5. The van der Waals surface area contributed by atoms with Crippen LogP contribution in [-0.4, -0.2) is 60.7 Å². The summed E-state index contributed by atoms with van der Waals surface area (Å²) in [6.07, 6.45) is 9.51. The Morgan fingerprint density at radius 1 is 0.793 bits per heavy atom. The van der Waals surface area contributed by atoms with E-state index in [1.807, 2.05) is 24.3 Å². The van der Waals surface area contributed by atoms with E-state index in [0.717, 1.165) is 35.1 Å². The largest absolute Gasteiger partial charge is 0.542 e. The van der Waals surface area contributed by atoms with E-state index in [0.29, 0.717) is 37.1 Å². The van der Waals surface area contributed by atoms with Gasteiger partial charge in [0.15, 0.2) is 0 Å². The molecule has 3 aromatic carbocycles. The number of carboxylic acids is 1. The number of carbonyl (C=O) groups is 3. The third kappa shape index (κ3) is 16.5. The van der Waals surface area contributed by atoms with E-state index in [4.69, 9.17) is 9.90 Å². The number of benzene rings is 3. The molecule has 3 atom stereocenters. The van der Waals surface area contributed by atoms with Gasteiger partial charge in [-0.1, -0.05) is 94.7 Å². The van der Waals surface area contributed by atoms with Crippen LogP contribution >= 0.6 is 0 Å². The smallest absolute Gasteiger partial charge is 0.430 e. The van der Waals surface area contributed by atoms with Crippen molar-refractivity contribution in [1.29, 1.82) is 0 Å². The van der Waals surface area contributed by atoms with Crippen molar-refractivity contribution in [2.75, 3.05) is 32.1 Å². The van der Waals surface area contributed by atoms with Crippen molar-refractivity contribution < 1.29 is 51.0 Å². The van der Waals surface area contributed by atoms with Gasteiger partial charge in [0.2, 0.25) is 11.8 Å². The number of alkyl halides is 3. The van der Waals surface area contributed by atoms with E-state index < -0.39 is 18.2 Å². The first-order valence-corrected chi connectivity index (χ1v) is 20.5. The van der Waals surface area contributed by atoms with E-state index in [1.54, 1.807) is 29.2 Å². The van der Waals surface area contributed by atoms with Gasteiger partial charge in [0, 0.05) is 25.1 Å². The minimum absolute atomic E-state index is 0.0462. The number of aliphatic carboxylic acids is 1. The van der Waals surface area contributed by atoms with Crippen molar-refractivity contribution in [2.24, 2.45) is 5.92 Å². The number of nitrogens with one attached hydrogen (secondary N) is 1. The molecule has 1 saturated heterocycles. The number of carbonyl (C=O) groups excluding carboxylic acids is 3. The van der Waals surface area contributed by atoms with Crippen molar-refractivity contribution in [3.05, 3.63) is 101 Å². The number of anilines is 1. The van der Waals surface area contributed by atoms with Crippen LogP contribution in [0.2, 0.25) is 0 Å². The zero-order chi connectivity index (χ0) is 42.7. The highest BCUT2D eigenvalue weighted by atomic mass is 19.4. The molecule has 1 aliphatic rings. The maximum Gasteiger partial charge on any atom is 0.430 e. The molecule has 1 fully saturated rings. The SMILES string of the molecule is CCCCCCCCCCCC[N+](C)(C)CCCC(=O)NCc1ccc(C2C(CCC(O)c3ccc(F)cc3)C(=O)N2c2ccc(F)cc2)cc1.O=C([O-])C(F)(F)F. The van der Waals surface area contributed by atoms with Gasteiger partial charge < -0.3 is 29.7 Å². The second kappa shape index (κ2) is 23.9. The molecule has 58 heavy (non-hydrogen) atoms. The van der Waals surface area contributed by atoms with Crippen LogP contribution in [-0.2, 0) is 20.9 Å². The van der Waals surface area contributed by atoms with E-state index in [2.05, 4.69) is 26.3 Å². The number of unbranched alkanes of at least 4 members (excludes halogenated alkanes) is 9. The molecule has 3 aromatic rings. The maximum atomic E-state index is 13.7. The lowest BCUT2D eigenvalue weighted by Crippen LogP contribution is -2.55. The second-order valence-electron chi connectivity index (χ2n) is 15.9. The van der Waals surface area contributed by atoms with Crippen molar-refractivity contribution in [1.82, 2.24) is 5.32 Å². The molecule has 2 N–H and O–H groups in total. The zero-order valence-electron chi connectivity index (χ0n) is 34.0. The molecule has 0 aliphatic carbocycles. The van der Waals surface area contributed by atoms with Crippen molar-refractivity contribution in [2.45, 2.75) is 122 Å². The number of aliphatic hydroxyl groups is 1. The predicted octanol–water partition coefficient (Wildman–Crippen LogP) is 8.88. The average Bonchev–Trinajstić information content (AvgIpc) is 3.18. The fraction of sp³-hybridized carbons (Fsp3) is 0.533. The molecule has 0 radical (unpaired) electrons. The molecule has 320 valence electrons. The Morgan fingerprint density at radius 3 is 1.83 bits per heavy atom. The number of amides is 2. The first kappa shape index (κ1) is 48.0. The minimum atomic E-state index is -5.19. The topological polar surface area (TPSA) is 110 Å². The van der Waals surface area contributed by atoms with Crippen LogP contribution in [0.15, 0.2) is 72.8 Å². The summed E-state index contributed by atoms with van der Waals surface area (Å²) in [6.45, 7) is 4.81. The predicted molar refractivity (Wildman–Crippen MR) is 213 cm³/mol. The van der Waals surface area contributed by atoms with Crippen LogP contribution in [0.5, 0.6) is 0 Å². The van der Waals surface area contributed by atoms with Crippen molar-refractivity contribution >= 4 is 23.5 Å². The van der Waals surface area contributed by atoms with Gasteiger partial charge in [-0.05, 0) is 78.8 Å². The summed E-state index contributed by atoms with van der Waals surface area (Å²) in [7, 11) is 4.52. The number of β-lactam (4-membered cyclic amide) rings is 1. The Morgan fingerprint density at radius 2 is 1.29 bits per heavy atom. The summed E-state index contributed by atoms with van der Waals surface area (Å²) in [5, 5.41) is 22.6. The van der Waals surface area contributed by atoms with Crippen LogP contribution in [0.1, 0.15) is 126 Å². The highest BCUT2D eigenvalue weighted by Gasteiger charge is 2.48. The monoisotopic (exact) mass is 817 g/mol. The number of aliphatic hydroxyl groups excluding tert-OH is 1. The molecule has 0 bridgehead atoms. The standard InChI is InChI=1S/C43H59F2N3O3.C2HF3O2/c1-4-5-6-7-8-9-10-11-12-13-30-48(2,3)31-14-15-41(50)46-32-33-16-18-35(19-17-33)42-39(28-29-40(49)34-20-22-36(44)23-21-34)43(51)47(42)38-26-24-37(45)25-27-38;3-2(4,5)1(6)7/h16-27,39-40,42,49H,4-15,28-32H2,1-3H3;(H,6,7). The minimum Gasteiger partial charge on any atom is -0.542 e. The summed E-state index contributed by atoms with van der Waals surface area (Å²) in [4.78, 5) is 36.6. The molecular weight excluding hydrogens is 758 g/mol. The molecule has 4 rings (SSSR count). The summed E-state index contributed by atoms with van der Waals surface area (Å²) >= 11 is 0. The Labute approximate surface area is 340 Å². The normalized spacial score (nSPS) is 15.9. The molecule has 0 spiro atoms. The van der Waals surface area contributed by atoms with Crippen LogP contribution in [0.4, 0.5) is 27.6 Å². The number of hydrogen-bond acceptors (Lipinski definition) is 5. The molecule has 13 heteroatoms. The number of hydrogen-bond donors (Lipinski definition) is 2. The molecule has 1 heterocycles. The lowest BCUT2D eigenvalue weighted by atomic mass is 9.78. The van der Waals surface area contributed by atoms with Crippen molar-refractivity contribution in [3.8, 4) is 0 Å². The Kier molecular flexibility index (Phi) is 19.8. The lowest BCUT2D eigenvalue weighted by molar-refractivity contribution is -0.890. The Balaban J connectivity index is 0.00000117. The van der Waals surface area contributed by atoms with Crippen LogP contribution < -0.4 is 15.3 Å². The highest BCUT2D eigenvalue weighted by molar-refractivity contribution is 6.03. The number of quaternary nitrogens is 1. The van der Waals surface area contributed by atoms with Gasteiger partial charge in [-0.3, -0.25) is 9.59 Å². The Bertz CT molecular complexity index is 1680. The zero-order valence-corrected chi connectivity index (χ0v) is 34.0. The number of halogens is 5. The lowest BCUT2D eigenvalue weighted by Gasteiger charge is -2.48. The summed E-state index contributed by atoms with van der Waals surface area (Å²) in [6, 6.07) is 19.3. The van der Waals surface area contributed by atoms with E-state index >= 15 is 0 Å². The third-order valence-electron chi connectivity index (χ3n) is 10.7. The summed E-state index contributed by atoms with van der Waals surface area (Å²) in [5.74, 6) is -4.16. The van der Waals surface area contributed by atoms with E-state index in [-0.39, 0.29) is 35.4 Å². The number of nitrogens with zero attached hydrogens (tertiary/aromatic N) is 2. The average molecular weight is 818 g/mol. The second-order valence-corrected chi connectivity index (χ2v) is 15.9. The first-order valence-electron chi connectivity index (χ1n) is 20.5. The summed E-state index contributed by atoms with van der Waals surface area (Å²) < 4.78 is 59.6. The number of carboxylic acid groups (broad SMARTS) is 1. The molecular formula is C45H60F5N3O5. The molecule has 2 amide bonds. The van der Waals surface area contributed by atoms with Gasteiger partial charge in [-0.2, -0.15) is 13.2 Å².